The molecule has 33 heavy (non-hydrogen) atoms. The second kappa shape index (κ2) is 10.1. The van der Waals surface area contributed by atoms with E-state index in [4.69, 9.17) is 20.2 Å². The summed E-state index contributed by atoms with van der Waals surface area (Å²) < 4.78 is 12.8. The Morgan fingerprint density at radius 3 is 2.55 bits per heavy atom. The number of benzene rings is 2. The van der Waals surface area contributed by atoms with Crippen LogP contribution in [0.15, 0.2) is 66.9 Å². The Bertz CT molecular complexity index is 1250. The van der Waals surface area contributed by atoms with E-state index in [2.05, 4.69) is 22.8 Å². The van der Waals surface area contributed by atoms with Crippen molar-refractivity contribution < 1.29 is 14.3 Å². The van der Waals surface area contributed by atoms with Gasteiger partial charge < -0.3 is 25.8 Å². The second-order valence-electron chi connectivity index (χ2n) is 7.41. The highest BCUT2D eigenvalue weighted by Crippen LogP contribution is 2.35. The highest BCUT2D eigenvalue weighted by Gasteiger charge is 2.17. The fourth-order valence-electron chi connectivity index (χ4n) is 3.61. The molecule has 0 aliphatic rings. The fraction of sp³-hybridized carbons (Fsp3) is 0.200. The number of carbonyl (C=O) groups excluding carboxylic acids is 1. The molecule has 4 aromatic rings. The van der Waals surface area contributed by atoms with Crippen molar-refractivity contribution in [2.45, 2.75) is 6.54 Å². The normalized spacial score (nSPS) is 10.8. The Balaban J connectivity index is 1.78. The van der Waals surface area contributed by atoms with E-state index in [1.807, 2.05) is 47.0 Å². The summed E-state index contributed by atoms with van der Waals surface area (Å²) in [6.07, 6.45) is 1.84. The molecule has 8 heteroatoms. The Kier molecular flexibility index (Phi) is 6.75. The van der Waals surface area contributed by atoms with Gasteiger partial charge in [0.1, 0.15) is 17.2 Å². The minimum atomic E-state index is -0.183. The van der Waals surface area contributed by atoms with Crippen molar-refractivity contribution in [1.82, 2.24) is 14.7 Å². The summed E-state index contributed by atoms with van der Waals surface area (Å²) in [5, 5.41) is 6.31. The fourth-order valence-corrected chi connectivity index (χ4v) is 3.61. The van der Waals surface area contributed by atoms with Crippen LogP contribution in [-0.2, 0) is 6.54 Å². The number of rotatable bonds is 9. The van der Waals surface area contributed by atoms with Crippen molar-refractivity contribution in [3.05, 3.63) is 78.0 Å². The molecule has 1 amide bonds. The van der Waals surface area contributed by atoms with Gasteiger partial charge in [-0.15, -0.1) is 0 Å². The maximum Gasteiger partial charge on any atom is 0.251 e. The lowest BCUT2D eigenvalue weighted by Gasteiger charge is -2.11. The number of nitrogens with two attached hydrogens (primary N) is 1. The molecule has 170 valence electrons. The van der Waals surface area contributed by atoms with Gasteiger partial charge in [-0.3, -0.25) is 9.20 Å². The van der Waals surface area contributed by atoms with Crippen LogP contribution in [0, 0.1) is 0 Å². The molecule has 0 aliphatic carbocycles. The first kappa shape index (κ1) is 22.2. The molecule has 0 spiro atoms. The first-order chi connectivity index (χ1) is 16.1. The van der Waals surface area contributed by atoms with Crippen LogP contribution in [-0.4, -0.2) is 42.6 Å². The van der Waals surface area contributed by atoms with Crippen molar-refractivity contribution >= 4 is 17.4 Å². The van der Waals surface area contributed by atoms with E-state index in [1.54, 1.807) is 26.4 Å². The molecule has 8 nitrogen and oxygen atoms in total. The molecule has 0 saturated heterocycles. The third-order valence-corrected chi connectivity index (χ3v) is 5.28. The zero-order valence-electron chi connectivity index (χ0n) is 18.7. The number of amides is 1. The Hall–Kier alpha value is -4.04. The highest BCUT2D eigenvalue weighted by atomic mass is 16.5. The van der Waals surface area contributed by atoms with Gasteiger partial charge in [0.05, 0.1) is 14.2 Å². The largest absolute Gasteiger partial charge is 0.493 e. The number of hydrogen-bond donors (Lipinski definition) is 3. The molecule has 2 heterocycles. The van der Waals surface area contributed by atoms with Crippen molar-refractivity contribution in [2.75, 3.05) is 32.6 Å². The van der Waals surface area contributed by atoms with Crippen LogP contribution in [0.5, 0.6) is 11.5 Å². The van der Waals surface area contributed by atoms with Gasteiger partial charge >= 0.3 is 0 Å². The third kappa shape index (κ3) is 4.75. The molecule has 0 saturated carbocycles. The first-order valence-corrected chi connectivity index (χ1v) is 10.6. The number of anilines is 1. The molecule has 0 fully saturated rings. The van der Waals surface area contributed by atoms with E-state index in [0.717, 1.165) is 22.6 Å². The topological polar surface area (TPSA) is 103 Å². The lowest BCUT2D eigenvalue weighted by Crippen LogP contribution is -2.29. The first-order valence-electron chi connectivity index (χ1n) is 10.6. The molecule has 2 aromatic carbocycles. The average molecular weight is 446 g/mol. The summed E-state index contributed by atoms with van der Waals surface area (Å²) >= 11 is 0. The molecule has 0 atom stereocenters. The Morgan fingerprint density at radius 2 is 1.82 bits per heavy atom. The highest BCUT2D eigenvalue weighted by molar-refractivity contribution is 5.95. The number of imidazole rings is 1. The molecule has 2 aromatic heterocycles. The standard InChI is InChI=1S/C25H27N5O3/c1-32-20-9-8-18(14-21(20)33-2)23-24(28-16-17-6-4-3-5-7-17)30-13-10-19(15-22(30)29-23)25(31)27-12-11-26/h3-10,13-15,28H,11-12,16,26H2,1-2H3,(H,27,31). The maximum atomic E-state index is 12.4. The third-order valence-electron chi connectivity index (χ3n) is 5.28. The minimum Gasteiger partial charge on any atom is -0.493 e. The van der Waals surface area contributed by atoms with E-state index >= 15 is 0 Å². The molecule has 4 N–H and O–H groups in total. The molecular formula is C25H27N5O3. The van der Waals surface area contributed by atoms with Crippen LogP contribution in [0.4, 0.5) is 5.82 Å². The van der Waals surface area contributed by atoms with E-state index in [9.17, 15) is 4.79 Å². The number of hydrogen-bond acceptors (Lipinski definition) is 6. The number of nitrogens with one attached hydrogen (secondary N) is 2. The number of fused-ring (bicyclic) bond motifs is 1. The zero-order valence-corrected chi connectivity index (χ0v) is 18.7. The van der Waals surface area contributed by atoms with E-state index in [1.165, 1.54) is 0 Å². The van der Waals surface area contributed by atoms with Gasteiger partial charge in [-0.25, -0.2) is 4.98 Å². The zero-order chi connectivity index (χ0) is 23.2. The molecular weight excluding hydrogens is 418 g/mol. The molecule has 0 unspecified atom stereocenters. The predicted molar refractivity (Wildman–Crippen MR) is 129 cm³/mol. The van der Waals surface area contributed by atoms with Crippen molar-refractivity contribution in [3.8, 4) is 22.8 Å². The van der Waals surface area contributed by atoms with Crippen LogP contribution in [0.2, 0.25) is 0 Å². The van der Waals surface area contributed by atoms with Crippen LogP contribution in [0.25, 0.3) is 16.9 Å². The van der Waals surface area contributed by atoms with Gasteiger partial charge in [-0.05, 0) is 35.9 Å². The van der Waals surface area contributed by atoms with Gasteiger partial charge in [0.15, 0.2) is 11.5 Å². The van der Waals surface area contributed by atoms with E-state index in [0.29, 0.717) is 42.3 Å². The molecule has 0 bridgehead atoms. The quantitative estimate of drug-likeness (QED) is 0.365. The van der Waals surface area contributed by atoms with Crippen LogP contribution in [0.3, 0.4) is 0 Å². The van der Waals surface area contributed by atoms with Gasteiger partial charge in [0.25, 0.3) is 5.91 Å². The number of methoxy groups -OCH3 is 2. The lowest BCUT2D eigenvalue weighted by atomic mass is 10.1. The molecule has 0 radical (unpaired) electrons. The summed E-state index contributed by atoms with van der Waals surface area (Å²) in [6.45, 7) is 1.42. The summed E-state index contributed by atoms with van der Waals surface area (Å²) in [5.74, 6) is 1.89. The number of nitrogens with zero attached hydrogens (tertiary/aromatic N) is 2. The number of aromatic nitrogens is 2. The van der Waals surface area contributed by atoms with Crippen LogP contribution in [0.1, 0.15) is 15.9 Å². The summed E-state index contributed by atoms with van der Waals surface area (Å²) in [7, 11) is 3.21. The lowest BCUT2D eigenvalue weighted by molar-refractivity contribution is 0.0954. The van der Waals surface area contributed by atoms with Crippen molar-refractivity contribution in [3.63, 3.8) is 0 Å². The minimum absolute atomic E-state index is 0.183. The van der Waals surface area contributed by atoms with Gasteiger partial charge in [-0.2, -0.15) is 0 Å². The van der Waals surface area contributed by atoms with Gasteiger partial charge in [-0.1, -0.05) is 30.3 Å². The van der Waals surface area contributed by atoms with Crippen LogP contribution < -0.4 is 25.8 Å². The summed E-state index contributed by atoms with van der Waals surface area (Å²) in [6, 6.07) is 19.3. The smallest absolute Gasteiger partial charge is 0.251 e. The molecule has 4 rings (SSSR count). The molecule has 0 aliphatic heterocycles. The van der Waals surface area contributed by atoms with Crippen LogP contribution >= 0.6 is 0 Å². The van der Waals surface area contributed by atoms with E-state index < -0.39 is 0 Å². The number of carbonyl (C=O) groups is 1. The summed E-state index contributed by atoms with van der Waals surface area (Å²) in [5.41, 5.74) is 9.42. The second-order valence-corrected chi connectivity index (χ2v) is 7.41. The van der Waals surface area contributed by atoms with Crippen molar-refractivity contribution in [1.29, 1.82) is 0 Å². The predicted octanol–water partition coefficient (Wildman–Crippen LogP) is 3.32. The van der Waals surface area contributed by atoms with E-state index in [-0.39, 0.29) is 5.91 Å². The Morgan fingerprint density at radius 1 is 1.03 bits per heavy atom. The monoisotopic (exact) mass is 445 g/mol. The van der Waals surface area contributed by atoms with Gasteiger partial charge in [0.2, 0.25) is 0 Å². The van der Waals surface area contributed by atoms with Crippen molar-refractivity contribution in [2.24, 2.45) is 5.73 Å². The number of ether oxygens (including phenoxy) is 2. The van der Waals surface area contributed by atoms with Gasteiger partial charge in [0, 0.05) is 37.0 Å². The maximum absolute atomic E-state index is 12.4. The Labute approximate surface area is 192 Å². The average Bonchev–Trinajstić information content (AvgIpc) is 3.23. The number of pyridine rings is 1. The SMILES string of the molecule is COc1ccc(-c2nc3cc(C(=O)NCCN)ccn3c2NCc2ccccc2)cc1OC. The summed E-state index contributed by atoms with van der Waals surface area (Å²) in [4.78, 5) is 17.3.